The summed E-state index contributed by atoms with van der Waals surface area (Å²) >= 11 is 0. The number of carbonyl (C=O) groups is 2. The van der Waals surface area contributed by atoms with E-state index in [0.717, 1.165) is 5.76 Å². The Morgan fingerprint density at radius 3 is 2.61 bits per heavy atom. The summed E-state index contributed by atoms with van der Waals surface area (Å²) in [6, 6.07) is 1.61. The summed E-state index contributed by atoms with van der Waals surface area (Å²) in [7, 11) is 1.50. The van der Waals surface area contributed by atoms with Crippen molar-refractivity contribution in [1.82, 2.24) is 10.2 Å². The zero-order valence-electron chi connectivity index (χ0n) is 10.2. The van der Waals surface area contributed by atoms with Crippen LogP contribution >= 0.6 is 0 Å². The first-order valence-corrected chi connectivity index (χ1v) is 5.34. The molecule has 0 aliphatic carbocycles. The molecule has 100 valence electrons. The largest absolute Gasteiger partial charge is 0.480 e. The van der Waals surface area contributed by atoms with Gasteiger partial charge in [0.15, 0.2) is 6.04 Å². The number of amides is 2. The Morgan fingerprint density at radius 2 is 2.17 bits per heavy atom. The third kappa shape index (κ3) is 3.77. The molecule has 0 unspecified atom stereocenters. The fourth-order valence-corrected chi connectivity index (χ4v) is 1.32. The Balaban J connectivity index is 2.53. The van der Waals surface area contributed by atoms with Gasteiger partial charge in [0, 0.05) is 7.05 Å². The van der Waals surface area contributed by atoms with Crippen molar-refractivity contribution in [3.8, 4) is 0 Å². The zero-order chi connectivity index (χ0) is 13.7. The average Bonchev–Trinajstić information content (AvgIpc) is 2.70. The molecule has 0 aromatic carbocycles. The van der Waals surface area contributed by atoms with E-state index in [1.165, 1.54) is 11.9 Å². The summed E-state index contributed by atoms with van der Waals surface area (Å²) in [4.78, 5) is 23.5. The molecule has 1 heterocycles. The van der Waals surface area contributed by atoms with Gasteiger partial charge in [-0.15, -0.1) is 0 Å². The van der Waals surface area contributed by atoms with Crippen LogP contribution in [0.5, 0.6) is 0 Å². The highest BCUT2D eigenvalue weighted by Crippen LogP contribution is 2.08. The van der Waals surface area contributed by atoms with Crippen LogP contribution in [-0.2, 0) is 11.3 Å². The topological polar surface area (TPSA) is 103 Å². The van der Waals surface area contributed by atoms with Crippen molar-refractivity contribution in [2.75, 3.05) is 13.7 Å². The number of aliphatic hydroxyl groups is 1. The van der Waals surface area contributed by atoms with Crippen LogP contribution in [0.2, 0.25) is 0 Å². The van der Waals surface area contributed by atoms with E-state index < -0.39 is 24.6 Å². The van der Waals surface area contributed by atoms with Gasteiger partial charge in [0.05, 0.1) is 13.2 Å². The van der Waals surface area contributed by atoms with E-state index in [0.29, 0.717) is 5.76 Å². The van der Waals surface area contributed by atoms with Crippen LogP contribution in [0.3, 0.4) is 0 Å². The molecule has 0 saturated carbocycles. The quantitative estimate of drug-likeness (QED) is 0.697. The molecular formula is C11H16N2O5. The molecule has 7 nitrogen and oxygen atoms in total. The predicted molar refractivity (Wildman–Crippen MR) is 62.0 cm³/mol. The maximum absolute atomic E-state index is 11.6. The van der Waals surface area contributed by atoms with E-state index in [4.69, 9.17) is 14.6 Å². The second kappa shape index (κ2) is 6.06. The van der Waals surface area contributed by atoms with Gasteiger partial charge in [-0.3, -0.25) is 0 Å². The van der Waals surface area contributed by atoms with E-state index in [2.05, 4.69) is 5.32 Å². The first kappa shape index (κ1) is 14.0. The van der Waals surface area contributed by atoms with Crippen molar-refractivity contribution < 1.29 is 24.2 Å². The maximum Gasteiger partial charge on any atom is 0.328 e. The van der Waals surface area contributed by atoms with Crippen LogP contribution in [0, 0.1) is 6.92 Å². The van der Waals surface area contributed by atoms with E-state index in [1.807, 2.05) is 0 Å². The van der Waals surface area contributed by atoms with Crippen molar-refractivity contribution >= 4 is 12.0 Å². The number of hydrogen-bond acceptors (Lipinski definition) is 4. The molecule has 0 bridgehead atoms. The number of urea groups is 1. The van der Waals surface area contributed by atoms with Crippen LogP contribution in [0.25, 0.3) is 0 Å². The van der Waals surface area contributed by atoms with Crippen LogP contribution in [-0.4, -0.2) is 46.8 Å². The number of carbonyl (C=O) groups excluding carboxylic acids is 1. The van der Waals surface area contributed by atoms with Crippen LogP contribution < -0.4 is 5.32 Å². The summed E-state index contributed by atoms with van der Waals surface area (Å²) < 4.78 is 5.30. The molecule has 1 aromatic heterocycles. The first-order chi connectivity index (χ1) is 8.43. The van der Waals surface area contributed by atoms with Crippen LogP contribution in [0.4, 0.5) is 4.79 Å². The lowest BCUT2D eigenvalue weighted by atomic mass is 10.3. The van der Waals surface area contributed by atoms with Crippen LogP contribution in [0.1, 0.15) is 11.5 Å². The summed E-state index contributed by atoms with van der Waals surface area (Å²) in [5.41, 5.74) is 0. The molecule has 2 amide bonds. The summed E-state index contributed by atoms with van der Waals surface area (Å²) in [5, 5.41) is 19.7. The number of aryl methyl sites for hydroxylation is 1. The lowest BCUT2D eigenvalue weighted by molar-refractivity contribution is -0.140. The third-order valence-corrected chi connectivity index (χ3v) is 2.31. The molecule has 0 saturated heterocycles. The summed E-state index contributed by atoms with van der Waals surface area (Å²) in [5.74, 6) is 0.0479. The van der Waals surface area contributed by atoms with E-state index >= 15 is 0 Å². The molecule has 3 N–H and O–H groups in total. The Bertz CT molecular complexity index is 429. The predicted octanol–water partition coefficient (Wildman–Crippen LogP) is 0.175. The fourth-order valence-electron chi connectivity index (χ4n) is 1.32. The minimum Gasteiger partial charge on any atom is -0.480 e. The number of carboxylic acid groups (broad SMARTS) is 1. The van der Waals surface area contributed by atoms with Crippen molar-refractivity contribution in [2.24, 2.45) is 0 Å². The molecule has 18 heavy (non-hydrogen) atoms. The highest BCUT2D eigenvalue weighted by molar-refractivity contribution is 5.82. The number of nitrogens with one attached hydrogen (secondary N) is 1. The molecule has 1 aromatic rings. The highest BCUT2D eigenvalue weighted by atomic mass is 16.4. The summed E-state index contributed by atoms with van der Waals surface area (Å²) in [6.45, 7) is 1.35. The van der Waals surface area contributed by atoms with Gasteiger partial charge < -0.3 is 24.8 Å². The number of carboxylic acids is 1. The van der Waals surface area contributed by atoms with Gasteiger partial charge in [0.25, 0.3) is 0 Å². The Morgan fingerprint density at radius 1 is 1.50 bits per heavy atom. The monoisotopic (exact) mass is 256 g/mol. The standard InChI is InChI=1S/C11H16N2O5/c1-7-3-4-8(18-7)5-13(2)11(17)12-9(6-14)10(15)16/h3-4,9,14H,5-6H2,1-2H3,(H,12,17)(H,15,16)/t9-/m1/s1. The molecule has 7 heteroatoms. The number of hydrogen-bond donors (Lipinski definition) is 3. The Kier molecular flexibility index (Phi) is 4.73. The summed E-state index contributed by atoms with van der Waals surface area (Å²) in [6.07, 6.45) is 0. The normalized spacial score (nSPS) is 11.9. The van der Waals surface area contributed by atoms with E-state index in [9.17, 15) is 9.59 Å². The number of furan rings is 1. The second-order valence-corrected chi connectivity index (χ2v) is 3.89. The van der Waals surface area contributed by atoms with Gasteiger partial charge in [0.1, 0.15) is 11.5 Å². The lowest BCUT2D eigenvalue weighted by Crippen LogP contribution is -2.48. The van der Waals surface area contributed by atoms with Gasteiger partial charge in [-0.25, -0.2) is 9.59 Å². The molecule has 0 aliphatic rings. The van der Waals surface area contributed by atoms with Crippen LogP contribution in [0.15, 0.2) is 16.5 Å². The molecule has 0 radical (unpaired) electrons. The molecular weight excluding hydrogens is 240 g/mol. The zero-order valence-corrected chi connectivity index (χ0v) is 10.2. The Hall–Kier alpha value is -2.02. The second-order valence-electron chi connectivity index (χ2n) is 3.89. The highest BCUT2D eigenvalue weighted by Gasteiger charge is 2.21. The SMILES string of the molecule is Cc1ccc(CN(C)C(=O)N[C@H](CO)C(=O)O)o1. The number of rotatable bonds is 5. The minimum atomic E-state index is -1.31. The maximum atomic E-state index is 11.6. The van der Waals surface area contributed by atoms with E-state index in [1.54, 1.807) is 19.1 Å². The molecule has 0 fully saturated rings. The molecule has 0 aliphatic heterocycles. The van der Waals surface area contributed by atoms with Gasteiger partial charge in [-0.1, -0.05) is 0 Å². The number of aliphatic hydroxyl groups excluding tert-OH is 1. The first-order valence-electron chi connectivity index (χ1n) is 5.34. The molecule has 1 atom stereocenters. The van der Waals surface area contributed by atoms with Gasteiger partial charge in [-0.2, -0.15) is 0 Å². The number of aliphatic carboxylic acids is 1. The third-order valence-electron chi connectivity index (χ3n) is 2.31. The Labute approximate surface area is 104 Å². The van der Waals surface area contributed by atoms with Crippen molar-refractivity contribution in [3.63, 3.8) is 0 Å². The molecule has 1 rings (SSSR count). The minimum absolute atomic E-state index is 0.220. The lowest BCUT2D eigenvalue weighted by Gasteiger charge is -2.19. The van der Waals surface area contributed by atoms with Gasteiger partial charge in [0.2, 0.25) is 0 Å². The van der Waals surface area contributed by atoms with Gasteiger partial charge in [-0.05, 0) is 19.1 Å². The average molecular weight is 256 g/mol. The van der Waals surface area contributed by atoms with Crippen molar-refractivity contribution in [3.05, 3.63) is 23.7 Å². The fraction of sp³-hybridized carbons (Fsp3) is 0.455. The van der Waals surface area contributed by atoms with E-state index in [-0.39, 0.29) is 6.54 Å². The molecule has 0 spiro atoms. The van der Waals surface area contributed by atoms with Gasteiger partial charge >= 0.3 is 12.0 Å². The number of nitrogens with zero attached hydrogens (tertiary/aromatic N) is 1. The van der Waals surface area contributed by atoms with Crippen molar-refractivity contribution in [1.29, 1.82) is 0 Å². The van der Waals surface area contributed by atoms with Crippen molar-refractivity contribution in [2.45, 2.75) is 19.5 Å². The smallest absolute Gasteiger partial charge is 0.328 e.